The number of hydrogen-bond donors (Lipinski definition) is 1. The zero-order valence-corrected chi connectivity index (χ0v) is 10.3. The molecule has 94 valence electrons. The molecule has 0 atom stereocenters. The van der Waals surface area contributed by atoms with Crippen molar-refractivity contribution in [2.75, 3.05) is 0 Å². The van der Waals surface area contributed by atoms with Gasteiger partial charge in [0.25, 0.3) is 0 Å². The molecule has 5 heteroatoms. The molecule has 0 aliphatic rings. The molecule has 1 aromatic carbocycles. The van der Waals surface area contributed by atoms with Crippen LogP contribution < -0.4 is 10.5 Å². The molecule has 0 saturated heterocycles. The molecular formula is C13H12ClFN2O. The van der Waals surface area contributed by atoms with E-state index >= 15 is 0 Å². The molecule has 1 aromatic heterocycles. The quantitative estimate of drug-likeness (QED) is 0.926. The maximum Gasteiger partial charge on any atom is 0.139 e. The molecule has 1 heterocycles. The Labute approximate surface area is 109 Å². The lowest BCUT2D eigenvalue weighted by atomic mass is 10.1. The molecule has 0 bridgehead atoms. The lowest BCUT2D eigenvalue weighted by molar-refractivity contribution is 0.303. The van der Waals surface area contributed by atoms with Gasteiger partial charge in [-0.2, -0.15) is 0 Å². The number of halogens is 2. The Kier molecular flexibility index (Phi) is 4.12. The van der Waals surface area contributed by atoms with E-state index in [1.807, 2.05) is 0 Å². The van der Waals surface area contributed by atoms with Crippen LogP contribution in [0.2, 0.25) is 5.02 Å². The van der Waals surface area contributed by atoms with Crippen LogP contribution in [-0.4, -0.2) is 4.98 Å². The average molecular weight is 267 g/mol. The highest BCUT2D eigenvalue weighted by molar-refractivity contribution is 6.30. The predicted octanol–water partition coefficient (Wildman–Crippen LogP) is 2.91. The lowest BCUT2D eigenvalue weighted by Crippen LogP contribution is -2.05. The summed E-state index contributed by atoms with van der Waals surface area (Å²) < 4.78 is 18.6. The van der Waals surface area contributed by atoms with Gasteiger partial charge in [0.1, 0.15) is 18.2 Å². The number of aromatic nitrogens is 1. The molecule has 2 aromatic rings. The van der Waals surface area contributed by atoms with E-state index < -0.39 is 0 Å². The van der Waals surface area contributed by atoms with Crippen LogP contribution in [-0.2, 0) is 13.2 Å². The van der Waals surface area contributed by atoms with Crippen molar-refractivity contribution >= 4 is 11.6 Å². The highest BCUT2D eigenvalue weighted by Gasteiger charge is 2.04. The number of nitrogens with two attached hydrogens (primary N) is 1. The maximum atomic E-state index is 13.0. The standard InChI is InChI=1S/C13H12ClFN2O/c14-11-4-13(7-17-6-11)18-8-9-1-2-12(15)3-10(9)5-16/h1-4,6-7H,5,8,16H2. The topological polar surface area (TPSA) is 48.1 Å². The van der Waals surface area contributed by atoms with Crippen molar-refractivity contribution in [3.05, 3.63) is 58.6 Å². The van der Waals surface area contributed by atoms with Gasteiger partial charge < -0.3 is 10.5 Å². The van der Waals surface area contributed by atoms with Crippen LogP contribution in [0, 0.1) is 5.82 Å². The molecule has 3 nitrogen and oxygen atoms in total. The van der Waals surface area contributed by atoms with Crippen molar-refractivity contribution in [3.63, 3.8) is 0 Å². The van der Waals surface area contributed by atoms with Gasteiger partial charge in [0.15, 0.2) is 0 Å². The zero-order valence-electron chi connectivity index (χ0n) is 9.57. The summed E-state index contributed by atoms with van der Waals surface area (Å²) in [6.45, 7) is 0.569. The van der Waals surface area contributed by atoms with Crippen LogP contribution in [0.5, 0.6) is 5.75 Å². The van der Waals surface area contributed by atoms with Gasteiger partial charge in [-0.1, -0.05) is 17.7 Å². The Morgan fingerprint density at radius 3 is 2.78 bits per heavy atom. The molecule has 2 rings (SSSR count). The Hall–Kier alpha value is -1.65. The Morgan fingerprint density at radius 2 is 2.06 bits per heavy atom. The van der Waals surface area contributed by atoms with Crippen LogP contribution in [0.1, 0.15) is 11.1 Å². The van der Waals surface area contributed by atoms with Gasteiger partial charge in [-0.05, 0) is 23.3 Å². The summed E-state index contributed by atoms with van der Waals surface area (Å²) in [5, 5.41) is 0.505. The van der Waals surface area contributed by atoms with Crippen LogP contribution in [0.4, 0.5) is 4.39 Å². The molecule has 0 spiro atoms. The van der Waals surface area contributed by atoms with Crippen LogP contribution in [0.15, 0.2) is 36.7 Å². The third kappa shape index (κ3) is 3.18. The van der Waals surface area contributed by atoms with E-state index in [0.29, 0.717) is 17.4 Å². The van der Waals surface area contributed by atoms with E-state index in [0.717, 1.165) is 11.1 Å². The van der Waals surface area contributed by atoms with Crippen LogP contribution in [0.25, 0.3) is 0 Å². The summed E-state index contributed by atoms with van der Waals surface area (Å²) >= 11 is 5.79. The monoisotopic (exact) mass is 266 g/mol. The Morgan fingerprint density at radius 1 is 1.22 bits per heavy atom. The zero-order chi connectivity index (χ0) is 13.0. The van der Waals surface area contributed by atoms with E-state index in [-0.39, 0.29) is 12.4 Å². The molecule has 0 unspecified atom stereocenters. The summed E-state index contributed by atoms with van der Waals surface area (Å²) in [5.74, 6) is 0.262. The van der Waals surface area contributed by atoms with Gasteiger partial charge in [-0.3, -0.25) is 4.98 Å². The second-order valence-corrected chi connectivity index (χ2v) is 4.18. The first-order valence-corrected chi connectivity index (χ1v) is 5.77. The van der Waals surface area contributed by atoms with E-state index in [9.17, 15) is 4.39 Å². The summed E-state index contributed by atoms with van der Waals surface area (Å²) in [6.07, 6.45) is 3.09. The molecule has 0 fully saturated rings. The van der Waals surface area contributed by atoms with Crippen LogP contribution in [0.3, 0.4) is 0 Å². The van der Waals surface area contributed by atoms with Gasteiger partial charge in [0.2, 0.25) is 0 Å². The molecule has 18 heavy (non-hydrogen) atoms. The summed E-state index contributed by atoms with van der Waals surface area (Å²) in [4.78, 5) is 3.91. The van der Waals surface area contributed by atoms with E-state index in [1.54, 1.807) is 18.3 Å². The van der Waals surface area contributed by atoms with E-state index in [1.165, 1.54) is 18.3 Å². The second kappa shape index (κ2) is 5.80. The normalized spacial score (nSPS) is 10.4. The molecule has 0 saturated carbocycles. The van der Waals surface area contributed by atoms with Gasteiger partial charge in [0, 0.05) is 18.8 Å². The number of nitrogens with zero attached hydrogens (tertiary/aromatic N) is 1. The van der Waals surface area contributed by atoms with Gasteiger partial charge in [-0.25, -0.2) is 4.39 Å². The number of hydrogen-bond acceptors (Lipinski definition) is 3. The van der Waals surface area contributed by atoms with Crippen molar-refractivity contribution in [1.29, 1.82) is 0 Å². The van der Waals surface area contributed by atoms with Crippen molar-refractivity contribution < 1.29 is 9.13 Å². The van der Waals surface area contributed by atoms with Crippen LogP contribution >= 0.6 is 11.6 Å². The molecule has 0 amide bonds. The fourth-order valence-corrected chi connectivity index (χ4v) is 1.72. The number of ether oxygens (including phenoxy) is 1. The largest absolute Gasteiger partial charge is 0.487 e. The van der Waals surface area contributed by atoms with Gasteiger partial charge in [-0.15, -0.1) is 0 Å². The predicted molar refractivity (Wildman–Crippen MR) is 67.9 cm³/mol. The first kappa shape index (κ1) is 12.8. The number of pyridine rings is 1. The minimum atomic E-state index is -0.302. The molecular weight excluding hydrogens is 255 g/mol. The smallest absolute Gasteiger partial charge is 0.139 e. The summed E-state index contributed by atoms with van der Waals surface area (Å²) in [6, 6.07) is 6.12. The maximum absolute atomic E-state index is 13.0. The highest BCUT2D eigenvalue weighted by atomic mass is 35.5. The molecule has 0 radical (unpaired) electrons. The second-order valence-electron chi connectivity index (χ2n) is 3.74. The third-order valence-corrected chi connectivity index (χ3v) is 2.67. The van der Waals surface area contributed by atoms with E-state index in [4.69, 9.17) is 22.1 Å². The van der Waals surface area contributed by atoms with Crippen molar-refractivity contribution in [3.8, 4) is 5.75 Å². The SMILES string of the molecule is NCc1cc(F)ccc1COc1cncc(Cl)c1. The summed E-state index contributed by atoms with van der Waals surface area (Å²) in [5.41, 5.74) is 7.13. The van der Waals surface area contributed by atoms with Crippen molar-refractivity contribution in [2.24, 2.45) is 5.73 Å². The van der Waals surface area contributed by atoms with Gasteiger partial charge >= 0.3 is 0 Å². The first-order chi connectivity index (χ1) is 8.69. The minimum absolute atomic E-state index is 0.268. The minimum Gasteiger partial charge on any atom is -0.487 e. The van der Waals surface area contributed by atoms with Gasteiger partial charge in [0.05, 0.1) is 11.2 Å². The third-order valence-electron chi connectivity index (χ3n) is 2.46. The molecule has 2 N–H and O–H groups in total. The first-order valence-electron chi connectivity index (χ1n) is 5.40. The summed E-state index contributed by atoms with van der Waals surface area (Å²) in [7, 11) is 0. The Bertz CT molecular complexity index is 548. The lowest BCUT2D eigenvalue weighted by Gasteiger charge is -2.10. The number of benzene rings is 1. The van der Waals surface area contributed by atoms with Crippen molar-refractivity contribution in [2.45, 2.75) is 13.2 Å². The number of rotatable bonds is 4. The average Bonchev–Trinajstić information content (AvgIpc) is 2.37. The fraction of sp³-hybridized carbons (Fsp3) is 0.154. The fourth-order valence-electron chi connectivity index (χ4n) is 1.56. The molecule has 0 aliphatic heterocycles. The Balaban J connectivity index is 2.10. The van der Waals surface area contributed by atoms with E-state index in [2.05, 4.69) is 4.98 Å². The van der Waals surface area contributed by atoms with Crippen molar-refractivity contribution in [1.82, 2.24) is 4.98 Å². The molecule has 0 aliphatic carbocycles. The highest BCUT2D eigenvalue weighted by Crippen LogP contribution is 2.18.